The minimum atomic E-state index is 0.0915. The third-order valence-electron chi connectivity index (χ3n) is 2.91. The van der Waals surface area contributed by atoms with Crippen molar-refractivity contribution in [1.82, 2.24) is 9.80 Å². The van der Waals surface area contributed by atoms with Crippen LogP contribution >= 0.6 is 22.6 Å². The van der Waals surface area contributed by atoms with Gasteiger partial charge in [0.1, 0.15) is 3.67 Å². The first kappa shape index (κ1) is 14.6. The van der Waals surface area contributed by atoms with Crippen molar-refractivity contribution in [3.8, 4) is 0 Å². The van der Waals surface area contributed by atoms with Gasteiger partial charge in [0, 0.05) is 5.41 Å². The van der Waals surface area contributed by atoms with Crippen LogP contribution < -0.4 is 0 Å². The molecule has 86 valence electrons. The summed E-state index contributed by atoms with van der Waals surface area (Å²) >= 11 is 2.59. The summed E-state index contributed by atoms with van der Waals surface area (Å²) in [5, 5.41) is 0. The molecule has 0 bridgehead atoms. The van der Waals surface area contributed by atoms with Crippen LogP contribution in [0.3, 0.4) is 0 Å². The van der Waals surface area contributed by atoms with E-state index in [1.807, 2.05) is 0 Å². The summed E-state index contributed by atoms with van der Waals surface area (Å²) < 4.78 is 0.0915. The fourth-order valence-electron chi connectivity index (χ4n) is 1.86. The van der Waals surface area contributed by atoms with Crippen molar-refractivity contribution in [2.45, 2.75) is 38.3 Å². The zero-order valence-corrected chi connectivity index (χ0v) is 12.8. The Morgan fingerprint density at radius 3 is 1.36 bits per heavy atom. The molecule has 0 rings (SSSR count). The van der Waals surface area contributed by atoms with E-state index in [9.17, 15) is 0 Å². The predicted molar refractivity (Wildman–Crippen MR) is 72.8 cm³/mol. The van der Waals surface area contributed by atoms with Crippen LogP contribution in [0.4, 0.5) is 0 Å². The summed E-state index contributed by atoms with van der Waals surface area (Å²) in [7, 11) is 4.40. The van der Waals surface area contributed by atoms with E-state index in [1.165, 1.54) is 0 Å². The highest BCUT2D eigenvalue weighted by atomic mass is 127. The first-order valence-electron chi connectivity index (χ1n) is 5.33. The minimum Gasteiger partial charge on any atom is -0.280 e. The van der Waals surface area contributed by atoms with E-state index in [4.69, 9.17) is 0 Å². The monoisotopic (exact) mass is 312 g/mol. The van der Waals surface area contributed by atoms with Crippen LogP contribution in [0.5, 0.6) is 0 Å². The van der Waals surface area contributed by atoms with E-state index in [-0.39, 0.29) is 9.08 Å². The summed E-state index contributed by atoms with van der Waals surface area (Å²) in [4.78, 5) is 4.83. The van der Waals surface area contributed by atoms with Gasteiger partial charge in [-0.2, -0.15) is 0 Å². The Labute approximate surface area is 103 Å². The van der Waals surface area contributed by atoms with Gasteiger partial charge in [0.15, 0.2) is 0 Å². The molecule has 0 aliphatic rings. The van der Waals surface area contributed by atoms with Gasteiger partial charge in [0.05, 0.1) is 0 Å². The molecule has 0 heterocycles. The summed E-state index contributed by atoms with van der Waals surface area (Å²) in [6.45, 7) is 13.5. The maximum Gasteiger partial charge on any atom is 0.131 e. The molecule has 0 radical (unpaired) electrons. The Morgan fingerprint density at radius 1 is 0.929 bits per heavy atom. The molecule has 0 N–H and O–H groups in total. The zero-order valence-electron chi connectivity index (χ0n) is 10.7. The third-order valence-corrected chi connectivity index (χ3v) is 6.18. The highest BCUT2D eigenvalue weighted by Crippen LogP contribution is 2.42. The Bertz CT molecular complexity index is 165. The Hall–Kier alpha value is 0.650. The lowest BCUT2D eigenvalue weighted by Gasteiger charge is -2.51. The second kappa shape index (κ2) is 5.12. The Balaban J connectivity index is 5.05. The first-order valence-corrected chi connectivity index (χ1v) is 6.41. The lowest BCUT2D eigenvalue weighted by Crippen LogP contribution is -2.60. The molecule has 0 saturated heterocycles. The summed E-state index contributed by atoms with van der Waals surface area (Å²) in [6.07, 6.45) is 0. The molecule has 0 aromatic carbocycles. The molecule has 0 unspecified atom stereocenters. The van der Waals surface area contributed by atoms with Crippen molar-refractivity contribution in [2.75, 3.05) is 27.2 Å². The van der Waals surface area contributed by atoms with Gasteiger partial charge in [-0.1, -0.05) is 34.6 Å². The molecule has 0 aromatic heterocycles. The standard InChI is InChI=1S/C11H25IN2/c1-8-13(6)11(12,10(3,4)5)14(7)9-2/h8-9H2,1-7H3. The predicted octanol–water partition coefficient (Wildman–Crippen LogP) is 3.02. The summed E-state index contributed by atoms with van der Waals surface area (Å²) in [5.74, 6) is 0. The van der Waals surface area contributed by atoms with Gasteiger partial charge >= 0.3 is 0 Å². The number of hydrogen-bond donors (Lipinski definition) is 0. The number of nitrogens with zero attached hydrogens (tertiary/aromatic N) is 2. The van der Waals surface area contributed by atoms with E-state index in [0.717, 1.165) is 13.1 Å². The molecular weight excluding hydrogens is 287 g/mol. The molecule has 0 aliphatic carbocycles. The van der Waals surface area contributed by atoms with Gasteiger partial charge in [-0.05, 0) is 49.8 Å². The number of halogens is 1. The molecule has 0 atom stereocenters. The largest absolute Gasteiger partial charge is 0.280 e. The van der Waals surface area contributed by atoms with E-state index < -0.39 is 0 Å². The maximum atomic E-state index is 2.59. The average Bonchev–Trinajstić information content (AvgIpc) is 2.12. The normalized spacial score (nSPS) is 14.1. The minimum absolute atomic E-state index is 0.0915. The topological polar surface area (TPSA) is 6.48 Å². The highest BCUT2D eigenvalue weighted by molar-refractivity contribution is 14.1. The van der Waals surface area contributed by atoms with Crippen LogP contribution in [0.25, 0.3) is 0 Å². The number of hydrogen-bond acceptors (Lipinski definition) is 2. The Kier molecular flexibility index (Phi) is 5.36. The number of rotatable bonds is 4. The van der Waals surface area contributed by atoms with Gasteiger partial charge in [-0.25, -0.2) is 0 Å². The Morgan fingerprint density at radius 2 is 1.21 bits per heavy atom. The molecule has 3 heteroatoms. The molecule has 0 aliphatic heterocycles. The first-order chi connectivity index (χ1) is 6.21. The third kappa shape index (κ3) is 2.61. The van der Waals surface area contributed by atoms with Crippen LogP contribution in [-0.4, -0.2) is 40.7 Å². The second-order valence-corrected chi connectivity index (χ2v) is 6.37. The van der Waals surface area contributed by atoms with Crippen molar-refractivity contribution in [3.05, 3.63) is 0 Å². The fraction of sp³-hybridized carbons (Fsp3) is 1.00. The van der Waals surface area contributed by atoms with Gasteiger partial charge in [-0.15, -0.1) is 0 Å². The highest BCUT2D eigenvalue weighted by Gasteiger charge is 2.45. The van der Waals surface area contributed by atoms with Gasteiger partial charge in [0.2, 0.25) is 0 Å². The molecular formula is C11H25IN2. The van der Waals surface area contributed by atoms with Crippen LogP contribution in [0.1, 0.15) is 34.6 Å². The van der Waals surface area contributed by atoms with Crippen LogP contribution in [0.2, 0.25) is 0 Å². The molecule has 0 spiro atoms. The van der Waals surface area contributed by atoms with Gasteiger partial charge in [0.25, 0.3) is 0 Å². The summed E-state index contributed by atoms with van der Waals surface area (Å²) in [6, 6.07) is 0. The summed E-state index contributed by atoms with van der Waals surface area (Å²) in [5.41, 5.74) is 0.239. The molecule has 0 fully saturated rings. The van der Waals surface area contributed by atoms with Crippen molar-refractivity contribution >= 4 is 22.6 Å². The van der Waals surface area contributed by atoms with E-state index in [2.05, 4.69) is 81.1 Å². The van der Waals surface area contributed by atoms with Gasteiger partial charge < -0.3 is 0 Å². The maximum absolute atomic E-state index is 2.59. The quantitative estimate of drug-likeness (QED) is 0.341. The van der Waals surface area contributed by atoms with Crippen molar-refractivity contribution in [2.24, 2.45) is 5.41 Å². The van der Waals surface area contributed by atoms with Crippen molar-refractivity contribution in [1.29, 1.82) is 0 Å². The van der Waals surface area contributed by atoms with Crippen LogP contribution in [0, 0.1) is 5.41 Å². The molecule has 0 aromatic rings. The van der Waals surface area contributed by atoms with Crippen molar-refractivity contribution in [3.63, 3.8) is 0 Å². The molecule has 0 amide bonds. The van der Waals surface area contributed by atoms with Crippen LogP contribution in [0.15, 0.2) is 0 Å². The molecule has 14 heavy (non-hydrogen) atoms. The smallest absolute Gasteiger partial charge is 0.131 e. The SMILES string of the molecule is CCN(C)C(I)(N(C)CC)C(C)(C)C. The number of alkyl halides is 1. The van der Waals surface area contributed by atoms with E-state index in [1.54, 1.807) is 0 Å². The molecule has 0 saturated carbocycles. The molecule has 2 nitrogen and oxygen atoms in total. The lowest BCUT2D eigenvalue weighted by atomic mass is 9.90. The van der Waals surface area contributed by atoms with Crippen molar-refractivity contribution < 1.29 is 0 Å². The van der Waals surface area contributed by atoms with Gasteiger partial charge in [-0.3, -0.25) is 9.80 Å². The zero-order chi connectivity index (χ0) is 11.6. The van der Waals surface area contributed by atoms with E-state index >= 15 is 0 Å². The second-order valence-electron chi connectivity index (χ2n) is 4.87. The van der Waals surface area contributed by atoms with Crippen LogP contribution in [-0.2, 0) is 0 Å². The fourth-order valence-corrected chi connectivity index (χ4v) is 2.54. The van der Waals surface area contributed by atoms with E-state index in [0.29, 0.717) is 0 Å². The lowest BCUT2D eigenvalue weighted by molar-refractivity contribution is -0.0110. The average molecular weight is 312 g/mol.